The molecule has 17 heteroatoms. The van der Waals surface area contributed by atoms with Gasteiger partial charge in [-0.3, -0.25) is 23.8 Å². The van der Waals surface area contributed by atoms with E-state index >= 15 is 4.39 Å². The molecule has 0 bridgehead atoms. The molecule has 306 valence electrons. The van der Waals surface area contributed by atoms with E-state index in [1.165, 1.54) is 42.5 Å². The van der Waals surface area contributed by atoms with Crippen LogP contribution in [0.5, 0.6) is 5.75 Å². The van der Waals surface area contributed by atoms with Crippen LogP contribution in [0.1, 0.15) is 92.4 Å². The summed E-state index contributed by atoms with van der Waals surface area (Å²) in [6.45, 7) is 7.46. The number of allylic oxidation sites excluding steroid dienone is 4. The first-order chi connectivity index (χ1) is 25.6. The van der Waals surface area contributed by atoms with Gasteiger partial charge in [-0.25, -0.2) is 13.5 Å². The van der Waals surface area contributed by atoms with E-state index < -0.39 is 79.9 Å². The highest BCUT2D eigenvalue weighted by Crippen LogP contribution is 2.71. The number of halogens is 1. The van der Waals surface area contributed by atoms with E-state index in [1.807, 2.05) is 6.92 Å². The Kier molecular flexibility index (Phi) is 12.9. The molecule has 5 rings (SSSR count). The number of fused-ring (bicyclic) bond motifs is 5. The Bertz CT molecular complexity index is 1790. The number of amides is 1. The number of carbonyl (C=O) groups is 3. The Morgan fingerprint density at radius 2 is 1.75 bits per heavy atom. The van der Waals surface area contributed by atoms with Crippen LogP contribution in [0.3, 0.4) is 0 Å². The van der Waals surface area contributed by atoms with Crippen molar-refractivity contribution in [2.75, 3.05) is 18.5 Å². The maximum Gasteiger partial charge on any atom is 0.536 e. The highest BCUT2D eigenvalue weighted by atomic mass is 31.3. The Morgan fingerprint density at radius 3 is 2.42 bits per heavy atom. The highest BCUT2D eigenvalue weighted by Gasteiger charge is 2.75. The van der Waals surface area contributed by atoms with Crippen molar-refractivity contribution in [1.82, 2.24) is 0 Å². The van der Waals surface area contributed by atoms with Crippen molar-refractivity contribution in [3.63, 3.8) is 0 Å². The number of phosphoric acid groups is 2. The number of benzene rings is 1. The lowest BCUT2D eigenvalue weighted by molar-refractivity contribution is -0.219. The summed E-state index contributed by atoms with van der Waals surface area (Å²) in [6, 6.07) is 5.13. The fraction of sp³-hybridized carbons (Fsp3) is 0.658. The van der Waals surface area contributed by atoms with Gasteiger partial charge in [0.05, 0.1) is 12.2 Å². The molecule has 0 radical (unpaired) electrons. The third-order valence-corrected chi connectivity index (χ3v) is 15.1. The standard InChI is InChI=1S/C38H54FNO13P2/c1-6-7-8-9-10-25(3)50-23-34(44)40-27-12-14-29(15-13-27)52-55(48,49)53-54(46,47)51-22-33(43)38(45)24(2)19-31-30-16-11-26-20-28(41)17-18-35(26,4)37(30,39)32(42)21-36(31,38)5/h12-15,17-18,20,24-25,30-32,42,45H,6-11,16,19,21-23H2,1-5H3,(H,40,44)(H,46,47)(H,48,49)/t24-,25?,30+,31+,32+,35+,36+,37+,38+/m1/s1. The van der Waals surface area contributed by atoms with E-state index in [4.69, 9.17) is 13.8 Å². The Morgan fingerprint density at radius 1 is 1.05 bits per heavy atom. The SMILES string of the molecule is CCCCCCC(C)OCC(=O)Nc1ccc(OP(=O)(O)OP(=O)(O)OCC(=O)[C@@]2(O)[C@H](C)C[C@H]3[C@@H]4CCC5=CC(=O)C=C[C@]5(C)[C@@]4(F)[C@@H](O)C[C@@]32C)cc1. The van der Waals surface area contributed by atoms with Gasteiger partial charge in [0, 0.05) is 22.4 Å². The molecule has 3 fully saturated rings. The molecule has 0 aromatic heterocycles. The molecule has 3 unspecified atom stereocenters. The molecule has 55 heavy (non-hydrogen) atoms. The van der Waals surface area contributed by atoms with Crippen LogP contribution in [0, 0.1) is 28.6 Å². The molecule has 4 aliphatic rings. The van der Waals surface area contributed by atoms with Crippen molar-refractivity contribution >= 4 is 38.8 Å². The van der Waals surface area contributed by atoms with Crippen LogP contribution in [0.2, 0.25) is 0 Å². The topological polar surface area (TPSA) is 215 Å². The minimum atomic E-state index is -5.48. The molecule has 0 saturated heterocycles. The number of phosphoric ester groups is 2. The zero-order valence-corrected chi connectivity index (χ0v) is 33.7. The van der Waals surface area contributed by atoms with E-state index in [2.05, 4.69) is 16.6 Å². The van der Waals surface area contributed by atoms with E-state index in [0.29, 0.717) is 17.7 Å². The number of ketones is 2. The average molecular weight is 814 g/mol. The molecule has 0 heterocycles. The molecule has 14 nitrogen and oxygen atoms in total. The Balaban J connectivity index is 1.17. The second-order valence-electron chi connectivity index (χ2n) is 16.0. The van der Waals surface area contributed by atoms with Gasteiger partial charge in [-0.1, -0.05) is 58.1 Å². The fourth-order valence-corrected chi connectivity index (χ4v) is 11.7. The predicted octanol–water partition coefficient (Wildman–Crippen LogP) is 6.53. The van der Waals surface area contributed by atoms with Gasteiger partial charge in [-0.15, -0.1) is 0 Å². The van der Waals surface area contributed by atoms with Crippen LogP contribution >= 0.6 is 15.6 Å². The first-order valence-corrected chi connectivity index (χ1v) is 21.9. The third kappa shape index (κ3) is 8.52. The van der Waals surface area contributed by atoms with Crippen LogP contribution in [0.25, 0.3) is 0 Å². The van der Waals surface area contributed by atoms with Crippen molar-refractivity contribution < 1.29 is 66.0 Å². The smallest absolute Gasteiger partial charge is 0.404 e. The summed E-state index contributed by atoms with van der Waals surface area (Å²) < 4.78 is 62.7. The number of ether oxygens (including phenoxy) is 1. The second-order valence-corrected chi connectivity index (χ2v) is 19.0. The van der Waals surface area contributed by atoms with E-state index in [9.17, 15) is 43.5 Å². The van der Waals surface area contributed by atoms with Gasteiger partial charge >= 0.3 is 15.6 Å². The lowest BCUT2D eigenvalue weighted by atomic mass is 9.44. The number of unbranched alkanes of at least 4 members (excludes halogenated alkanes) is 3. The van der Waals surface area contributed by atoms with Crippen LogP contribution in [-0.4, -0.2) is 74.2 Å². The molecule has 1 aromatic carbocycles. The minimum absolute atomic E-state index is 0.0886. The molecule has 11 atom stereocenters. The maximum absolute atomic E-state index is 17.4. The number of alkyl halides is 1. The summed E-state index contributed by atoms with van der Waals surface area (Å²) >= 11 is 0. The van der Waals surface area contributed by atoms with Gasteiger partial charge < -0.3 is 29.7 Å². The molecule has 5 N–H and O–H groups in total. The van der Waals surface area contributed by atoms with Crippen LogP contribution in [0.4, 0.5) is 10.1 Å². The number of nitrogens with one attached hydrogen (secondary N) is 1. The normalized spacial score (nSPS) is 35.3. The van der Waals surface area contributed by atoms with Crippen LogP contribution in [0.15, 0.2) is 48.1 Å². The lowest BCUT2D eigenvalue weighted by Gasteiger charge is -2.62. The molecule has 3 saturated carbocycles. The van der Waals surface area contributed by atoms with Gasteiger partial charge in [-0.05, 0) is 94.2 Å². The van der Waals surface area contributed by atoms with Gasteiger partial charge in [0.1, 0.15) is 24.6 Å². The Hall–Kier alpha value is -2.58. The minimum Gasteiger partial charge on any atom is -0.404 e. The van der Waals surface area contributed by atoms with E-state index in [0.717, 1.165) is 32.1 Å². The summed E-state index contributed by atoms with van der Waals surface area (Å²) in [4.78, 5) is 58.8. The zero-order valence-electron chi connectivity index (χ0n) is 31.9. The van der Waals surface area contributed by atoms with Gasteiger partial charge in [-0.2, -0.15) is 4.31 Å². The first-order valence-electron chi connectivity index (χ1n) is 18.9. The molecular formula is C38H54FNO13P2. The summed E-state index contributed by atoms with van der Waals surface area (Å²) in [7, 11) is -10.8. The van der Waals surface area contributed by atoms with Gasteiger partial charge in [0.15, 0.2) is 17.2 Å². The monoisotopic (exact) mass is 813 g/mol. The van der Waals surface area contributed by atoms with Gasteiger partial charge in [0.25, 0.3) is 0 Å². The first kappa shape index (κ1) is 43.5. The average Bonchev–Trinajstić information content (AvgIpc) is 3.30. The lowest BCUT2D eigenvalue weighted by Crippen LogP contribution is -2.69. The summed E-state index contributed by atoms with van der Waals surface area (Å²) in [5, 5.41) is 26.2. The van der Waals surface area contributed by atoms with Crippen molar-refractivity contribution in [3.8, 4) is 5.75 Å². The van der Waals surface area contributed by atoms with Crippen molar-refractivity contribution in [3.05, 3.63) is 48.1 Å². The van der Waals surface area contributed by atoms with Crippen LogP contribution in [-0.2, 0) is 37.1 Å². The predicted molar refractivity (Wildman–Crippen MR) is 199 cm³/mol. The van der Waals surface area contributed by atoms with Crippen LogP contribution < -0.4 is 9.84 Å². The number of carbonyl (C=O) groups excluding carboxylic acids is 3. The number of aliphatic hydroxyl groups excluding tert-OH is 1. The summed E-state index contributed by atoms with van der Waals surface area (Å²) in [6.07, 6.45) is 8.20. The molecule has 1 aromatic rings. The van der Waals surface area contributed by atoms with Gasteiger partial charge in [0.2, 0.25) is 5.91 Å². The molecular weight excluding hydrogens is 759 g/mol. The number of anilines is 1. The largest absolute Gasteiger partial charge is 0.536 e. The second kappa shape index (κ2) is 16.3. The zero-order chi connectivity index (χ0) is 40.6. The summed E-state index contributed by atoms with van der Waals surface area (Å²) in [5.74, 6) is -4.18. The number of hydrogen-bond acceptors (Lipinski definition) is 11. The maximum atomic E-state index is 17.4. The van der Waals surface area contributed by atoms with E-state index in [-0.39, 0.29) is 43.5 Å². The highest BCUT2D eigenvalue weighted by molar-refractivity contribution is 7.61. The molecule has 4 aliphatic carbocycles. The quantitative estimate of drug-likeness (QED) is 0.0837. The van der Waals surface area contributed by atoms with Crippen molar-refractivity contribution in [1.29, 1.82) is 0 Å². The number of hydrogen-bond donors (Lipinski definition) is 5. The Labute approximate surface area is 321 Å². The third-order valence-electron chi connectivity index (χ3n) is 12.5. The van der Waals surface area contributed by atoms with E-state index in [1.54, 1.807) is 20.8 Å². The summed E-state index contributed by atoms with van der Waals surface area (Å²) in [5.41, 5.74) is -6.21. The van der Waals surface area contributed by atoms with Crippen molar-refractivity contribution in [2.45, 2.75) is 116 Å². The molecule has 1 amide bonds. The molecule has 0 spiro atoms. The number of Topliss-reactive ketones (excluding diaryl/α,β-unsaturated/α-hetero) is 1. The number of rotatable bonds is 17. The molecule has 0 aliphatic heterocycles. The van der Waals surface area contributed by atoms with Crippen molar-refractivity contribution in [2.24, 2.45) is 28.6 Å². The number of aliphatic hydroxyl groups is 2. The fourth-order valence-electron chi connectivity index (χ4n) is 9.65.